The topological polar surface area (TPSA) is 50.4 Å². The molecule has 0 aromatic heterocycles. The van der Waals surface area contributed by atoms with Crippen LogP contribution in [-0.4, -0.2) is 39.3 Å². The fourth-order valence-corrected chi connectivity index (χ4v) is 3.00. The average molecular weight is 321 g/mol. The van der Waals surface area contributed by atoms with Gasteiger partial charge in [0, 0.05) is 32.7 Å². The van der Waals surface area contributed by atoms with Crippen LogP contribution in [0.2, 0.25) is 0 Å². The third-order valence-corrected chi connectivity index (χ3v) is 4.29. The third-order valence-electron chi connectivity index (χ3n) is 4.29. The lowest BCUT2D eigenvalue weighted by molar-refractivity contribution is -0.125. The summed E-state index contributed by atoms with van der Waals surface area (Å²) in [5.41, 5.74) is 0. The van der Waals surface area contributed by atoms with Crippen molar-refractivity contribution in [3.05, 3.63) is 0 Å². The van der Waals surface area contributed by atoms with Gasteiger partial charge >= 0.3 is 0 Å². The highest BCUT2D eigenvalue weighted by molar-refractivity contribution is 5.85. The summed E-state index contributed by atoms with van der Waals surface area (Å²) in [6.45, 7) is 5.21. The summed E-state index contributed by atoms with van der Waals surface area (Å²) in [6, 6.07) is 0. The third kappa shape index (κ3) is 9.33. The molecule has 0 bridgehead atoms. The van der Waals surface area contributed by atoms with Crippen LogP contribution in [0.3, 0.4) is 0 Å². The molecule has 0 saturated heterocycles. The number of hydrogen-bond acceptors (Lipinski definition) is 3. The number of methoxy groups -OCH3 is 1. The molecule has 126 valence electrons. The molecule has 0 aromatic rings. The van der Waals surface area contributed by atoms with Crippen molar-refractivity contribution in [3.8, 4) is 0 Å². The minimum atomic E-state index is 0. The quantitative estimate of drug-likeness (QED) is 0.609. The van der Waals surface area contributed by atoms with Crippen LogP contribution < -0.4 is 10.6 Å². The number of halogens is 1. The molecule has 0 spiro atoms. The Bertz CT molecular complexity index is 259. The van der Waals surface area contributed by atoms with Crippen molar-refractivity contribution in [2.75, 3.05) is 33.4 Å². The van der Waals surface area contributed by atoms with Crippen molar-refractivity contribution in [2.24, 2.45) is 11.8 Å². The van der Waals surface area contributed by atoms with Crippen molar-refractivity contribution in [3.63, 3.8) is 0 Å². The minimum Gasteiger partial charge on any atom is -0.383 e. The Morgan fingerprint density at radius 3 is 2.52 bits per heavy atom. The molecule has 0 heterocycles. The van der Waals surface area contributed by atoms with Crippen LogP contribution in [0.25, 0.3) is 0 Å². The van der Waals surface area contributed by atoms with E-state index in [1.807, 2.05) is 0 Å². The van der Waals surface area contributed by atoms with Gasteiger partial charge in [-0.15, -0.1) is 12.4 Å². The molecule has 1 aliphatic carbocycles. The maximum absolute atomic E-state index is 12.2. The molecular weight excluding hydrogens is 288 g/mol. The van der Waals surface area contributed by atoms with E-state index < -0.39 is 0 Å². The zero-order valence-electron chi connectivity index (χ0n) is 13.7. The van der Waals surface area contributed by atoms with E-state index in [-0.39, 0.29) is 24.2 Å². The molecule has 1 rings (SSSR count). The van der Waals surface area contributed by atoms with Crippen LogP contribution in [-0.2, 0) is 9.53 Å². The van der Waals surface area contributed by atoms with Crippen LogP contribution in [0.15, 0.2) is 0 Å². The molecule has 1 saturated carbocycles. The van der Waals surface area contributed by atoms with Gasteiger partial charge in [0.15, 0.2) is 0 Å². The Balaban J connectivity index is 0.00000400. The van der Waals surface area contributed by atoms with Crippen molar-refractivity contribution in [1.29, 1.82) is 0 Å². The largest absolute Gasteiger partial charge is 0.383 e. The van der Waals surface area contributed by atoms with Crippen LogP contribution in [0.5, 0.6) is 0 Å². The maximum atomic E-state index is 12.2. The molecule has 1 aliphatic rings. The summed E-state index contributed by atoms with van der Waals surface area (Å²) in [5.74, 6) is 1.22. The Kier molecular flexibility index (Phi) is 13.1. The first-order chi connectivity index (χ1) is 9.77. The molecule has 4 nitrogen and oxygen atoms in total. The summed E-state index contributed by atoms with van der Waals surface area (Å²) < 4.78 is 4.96. The van der Waals surface area contributed by atoms with Gasteiger partial charge in [-0.05, 0) is 18.8 Å². The van der Waals surface area contributed by atoms with Crippen molar-refractivity contribution in [2.45, 2.75) is 51.9 Å². The average Bonchev–Trinajstić information content (AvgIpc) is 2.49. The number of amides is 1. The van der Waals surface area contributed by atoms with E-state index in [1.165, 1.54) is 32.1 Å². The summed E-state index contributed by atoms with van der Waals surface area (Å²) in [7, 11) is 1.70. The van der Waals surface area contributed by atoms with E-state index >= 15 is 0 Å². The highest BCUT2D eigenvalue weighted by atomic mass is 35.5. The predicted molar refractivity (Wildman–Crippen MR) is 90.0 cm³/mol. The fraction of sp³-hybridized carbons (Fsp3) is 0.938. The van der Waals surface area contributed by atoms with Gasteiger partial charge in [0.2, 0.25) is 5.91 Å². The Labute approximate surface area is 136 Å². The number of hydrogen-bond donors (Lipinski definition) is 2. The molecule has 0 aliphatic heterocycles. The lowest BCUT2D eigenvalue weighted by Gasteiger charge is -2.25. The van der Waals surface area contributed by atoms with E-state index in [4.69, 9.17) is 4.74 Å². The monoisotopic (exact) mass is 320 g/mol. The van der Waals surface area contributed by atoms with Crippen molar-refractivity contribution >= 4 is 18.3 Å². The first-order valence-electron chi connectivity index (χ1n) is 8.25. The van der Waals surface area contributed by atoms with Crippen LogP contribution in [0.4, 0.5) is 0 Å². The summed E-state index contributed by atoms with van der Waals surface area (Å²) in [5, 5.41) is 6.30. The maximum Gasteiger partial charge on any atom is 0.223 e. The zero-order chi connectivity index (χ0) is 14.6. The van der Waals surface area contributed by atoms with E-state index in [9.17, 15) is 4.79 Å². The number of nitrogens with one attached hydrogen (secondary N) is 2. The molecule has 5 heteroatoms. The SMILES string of the molecule is CCC(CC1CCCCC1)C(=O)NCCNCCOC.Cl. The Morgan fingerprint density at radius 2 is 1.90 bits per heavy atom. The van der Waals surface area contributed by atoms with Gasteiger partial charge in [0.25, 0.3) is 0 Å². The summed E-state index contributed by atoms with van der Waals surface area (Å²) >= 11 is 0. The molecule has 2 N–H and O–H groups in total. The lowest BCUT2D eigenvalue weighted by atomic mass is 9.82. The van der Waals surface area contributed by atoms with Crippen molar-refractivity contribution in [1.82, 2.24) is 10.6 Å². The van der Waals surface area contributed by atoms with Gasteiger partial charge in [-0.2, -0.15) is 0 Å². The van der Waals surface area contributed by atoms with Crippen LogP contribution in [0, 0.1) is 11.8 Å². The van der Waals surface area contributed by atoms with E-state index in [1.54, 1.807) is 7.11 Å². The lowest BCUT2D eigenvalue weighted by Crippen LogP contribution is -2.37. The second-order valence-electron chi connectivity index (χ2n) is 5.88. The standard InChI is InChI=1S/C16H32N2O2.ClH/c1-3-15(13-14-7-5-4-6-8-14)16(19)18-10-9-17-11-12-20-2;/h14-15,17H,3-13H2,1-2H3,(H,18,19);1H. The van der Waals surface area contributed by atoms with Gasteiger partial charge in [-0.3, -0.25) is 4.79 Å². The summed E-state index contributed by atoms with van der Waals surface area (Å²) in [4.78, 5) is 12.2. The zero-order valence-corrected chi connectivity index (χ0v) is 14.5. The predicted octanol–water partition coefficient (Wildman–Crippen LogP) is 2.76. The first kappa shape index (κ1) is 20.7. The van der Waals surface area contributed by atoms with Gasteiger partial charge < -0.3 is 15.4 Å². The van der Waals surface area contributed by atoms with Gasteiger partial charge in [0.1, 0.15) is 0 Å². The Morgan fingerprint density at radius 1 is 1.19 bits per heavy atom. The van der Waals surface area contributed by atoms with Gasteiger partial charge in [0.05, 0.1) is 6.61 Å². The fourth-order valence-electron chi connectivity index (χ4n) is 3.00. The Hall–Kier alpha value is -0.320. The molecule has 1 amide bonds. The summed E-state index contributed by atoms with van der Waals surface area (Å²) in [6.07, 6.45) is 8.77. The van der Waals surface area contributed by atoms with Gasteiger partial charge in [-0.1, -0.05) is 39.0 Å². The number of carbonyl (C=O) groups excluding carboxylic acids is 1. The van der Waals surface area contributed by atoms with Crippen LogP contribution in [0.1, 0.15) is 51.9 Å². The minimum absolute atomic E-state index is 0. The number of rotatable bonds is 10. The smallest absolute Gasteiger partial charge is 0.223 e. The second kappa shape index (κ2) is 13.4. The van der Waals surface area contributed by atoms with Crippen molar-refractivity contribution < 1.29 is 9.53 Å². The number of carbonyl (C=O) groups is 1. The normalized spacial score (nSPS) is 17.0. The molecule has 1 unspecified atom stereocenters. The first-order valence-corrected chi connectivity index (χ1v) is 8.25. The van der Waals surface area contributed by atoms with E-state index in [0.29, 0.717) is 13.2 Å². The van der Waals surface area contributed by atoms with E-state index in [2.05, 4.69) is 17.6 Å². The van der Waals surface area contributed by atoms with Crippen LogP contribution >= 0.6 is 12.4 Å². The molecule has 0 radical (unpaired) electrons. The highest BCUT2D eigenvalue weighted by Gasteiger charge is 2.22. The second-order valence-corrected chi connectivity index (χ2v) is 5.88. The molecule has 1 fully saturated rings. The highest BCUT2D eigenvalue weighted by Crippen LogP contribution is 2.30. The molecule has 21 heavy (non-hydrogen) atoms. The van der Waals surface area contributed by atoms with E-state index in [0.717, 1.165) is 31.8 Å². The number of ether oxygens (including phenoxy) is 1. The van der Waals surface area contributed by atoms with Gasteiger partial charge in [-0.25, -0.2) is 0 Å². The molecular formula is C16H33ClN2O2. The molecule has 1 atom stereocenters. The molecule has 0 aromatic carbocycles.